The van der Waals surface area contributed by atoms with Gasteiger partial charge in [-0.15, -0.1) is 0 Å². The molecular formula is C18H25NO3. The molecule has 0 spiro atoms. The first-order chi connectivity index (χ1) is 10.5. The Kier molecular flexibility index (Phi) is 5.58. The molecule has 0 bridgehead atoms. The van der Waals surface area contributed by atoms with Gasteiger partial charge in [0.1, 0.15) is 0 Å². The monoisotopic (exact) mass is 303 g/mol. The molecule has 1 heterocycles. The van der Waals surface area contributed by atoms with Crippen LogP contribution in [0, 0.1) is 11.8 Å². The van der Waals surface area contributed by atoms with Crippen LogP contribution in [0.5, 0.6) is 0 Å². The molecule has 1 N–H and O–H groups in total. The van der Waals surface area contributed by atoms with E-state index in [1.807, 2.05) is 12.1 Å². The van der Waals surface area contributed by atoms with E-state index in [-0.39, 0.29) is 5.91 Å². The Labute approximate surface area is 132 Å². The smallest absolute Gasteiger partial charge is 0.308 e. The van der Waals surface area contributed by atoms with E-state index in [2.05, 4.69) is 26.0 Å². The maximum absolute atomic E-state index is 12.3. The van der Waals surface area contributed by atoms with Gasteiger partial charge in [0.2, 0.25) is 5.91 Å². The van der Waals surface area contributed by atoms with Gasteiger partial charge < -0.3 is 10.0 Å². The van der Waals surface area contributed by atoms with Crippen molar-refractivity contribution >= 4 is 11.9 Å². The van der Waals surface area contributed by atoms with Crippen LogP contribution in [0.15, 0.2) is 24.3 Å². The predicted molar refractivity (Wildman–Crippen MR) is 85.6 cm³/mol. The number of carbonyl (C=O) groups is 2. The topological polar surface area (TPSA) is 57.6 Å². The number of hydrogen-bond acceptors (Lipinski definition) is 2. The van der Waals surface area contributed by atoms with Crippen LogP contribution in [0.2, 0.25) is 0 Å². The second-order valence-corrected chi connectivity index (χ2v) is 6.61. The van der Waals surface area contributed by atoms with Crippen LogP contribution in [0.4, 0.5) is 0 Å². The second-order valence-electron chi connectivity index (χ2n) is 6.61. The van der Waals surface area contributed by atoms with Gasteiger partial charge in [-0.1, -0.05) is 38.1 Å². The molecule has 0 aliphatic carbocycles. The predicted octanol–water partition coefficient (Wildman–Crippen LogP) is 2.75. The molecule has 2 rings (SSSR count). The standard InChI is InChI=1S/C18H25NO3/c1-13(2)10-14-5-7-15(8-6-14)11-17(20)19-9-3-4-16(12-19)18(21)22/h5-8,13,16H,3-4,9-12H2,1-2H3,(H,21,22)/t16-/m0/s1. The molecule has 0 radical (unpaired) electrons. The highest BCUT2D eigenvalue weighted by Crippen LogP contribution is 2.18. The summed E-state index contributed by atoms with van der Waals surface area (Å²) in [6.07, 6.45) is 2.84. The van der Waals surface area contributed by atoms with Gasteiger partial charge in [0.15, 0.2) is 0 Å². The Morgan fingerprint density at radius 3 is 2.45 bits per heavy atom. The largest absolute Gasteiger partial charge is 0.481 e. The molecule has 1 amide bonds. The van der Waals surface area contributed by atoms with Crippen LogP contribution in [-0.2, 0) is 22.4 Å². The molecule has 1 aromatic rings. The van der Waals surface area contributed by atoms with Crippen molar-refractivity contribution in [3.05, 3.63) is 35.4 Å². The zero-order chi connectivity index (χ0) is 16.1. The van der Waals surface area contributed by atoms with E-state index in [1.165, 1.54) is 5.56 Å². The number of nitrogens with zero attached hydrogens (tertiary/aromatic N) is 1. The molecule has 120 valence electrons. The average Bonchev–Trinajstić information content (AvgIpc) is 2.49. The number of aliphatic carboxylic acids is 1. The average molecular weight is 303 g/mol. The Balaban J connectivity index is 1.92. The van der Waals surface area contributed by atoms with E-state index in [0.717, 1.165) is 18.4 Å². The molecule has 0 saturated carbocycles. The zero-order valence-electron chi connectivity index (χ0n) is 13.4. The van der Waals surface area contributed by atoms with Gasteiger partial charge in [-0.3, -0.25) is 9.59 Å². The molecule has 1 aliphatic rings. The number of carbonyl (C=O) groups excluding carboxylic acids is 1. The van der Waals surface area contributed by atoms with Gasteiger partial charge in [0.05, 0.1) is 12.3 Å². The summed E-state index contributed by atoms with van der Waals surface area (Å²) in [5.74, 6) is -0.557. The van der Waals surface area contributed by atoms with Crippen LogP contribution in [-0.4, -0.2) is 35.0 Å². The number of amides is 1. The van der Waals surface area contributed by atoms with Gasteiger partial charge in [-0.25, -0.2) is 0 Å². The van der Waals surface area contributed by atoms with E-state index in [1.54, 1.807) is 4.90 Å². The highest BCUT2D eigenvalue weighted by Gasteiger charge is 2.27. The molecule has 4 nitrogen and oxygen atoms in total. The van der Waals surface area contributed by atoms with Crippen molar-refractivity contribution in [2.45, 2.75) is 39.5 Å². The van der Waals surface area contributed by atoms with E-state index in [0.29, 0.717) is 31.8 Å². The summed E-state index contributed by atoms with van der Waals surface area (Å²) in [6, 6.07) is 8.18. The molecule has 22 heavy (non-hydrogen) atoms. The SMILES string of the molecule is CC(C)Cc1ccc(CC(=O)N2CCC[C@H](C(=O)O)C2)cc1. The van der Waals surface area contributed by atoms with E-state index in [9.17, 15) is 9.59 Å². The molecule has 4 heteroatoms. The number of rotatable bonds is 5. The Hall–Kier alpha value is -1.84. The number of carboxylic acid groups (broad SMARTS) is 1. The fourth-order valence-electron chi connectivity index (χ4n) is 2.96. The summed E-state index contributed by atoms with van der Waals surface area (Å²) in [6.45, 7) is 5.40. The van der Waals surface area contributed by atoms with Crippen LogP contribution in [0.1, 0.15) is 37.8 Å². The van der Waals surface area contributed by atoms with Crippen molar-refractivity contribution in [3.63, 3.8) is 0 Å². The third kappa shape index (κ3) is 4.58. The van der Waals surface area contributed by atoms with Crippen molar-refractivity contribution in [1.29, 1.82) is 0 Å². The fourth-order valence-corrected chi connectivity index (χ4v) is 2.96. The first kappa shape index (κ1) is 16.5. The van der Waals surface area contributed by atoms with Crippen molar-refractivity contribution < 1.29 is 14.7 Å². The molecular weight excluding hydrogens is 278 g/mol. The maximum atomic E-state index is 12.3. The van der Waals surface area contributed by atoms with Gasteiger partial charge in [0, 0.05) is 13.1 Å². The first-order valence-corrected chi connectivity index (χ1v) is 8.04. The molecule has 1 aromatic carbocycles. The van der Waals surface area contributed by atoms with Crippen molar-refractivity contribution in [1.82, 2.24) is 4.90 Å². The molecule has 1 atom stereocenters. The molecule has 1 saturated heterocycles. The Bertz CT molecular complexity index is 522. The first-order valence-electron chi connectivity index (χ1n) is 8.04. The summed E-state index contributed by atoms with van der Waals surface area (Å²) in [5.41, 5.74) is 2.28. The molecule has 0 unspecified atom stereocenters. The lowest BCUT2D eigenvalue weighted by Gasteiger charge is -2.30. The van der Waals surface area contributed by atoms with Crippen LogP contribution in [0.3, 0.4) is 0 Å². The summed E-state index contributed by atoms with van der Waals surface area (Å²) in [5, 5.41) is 9.09. The highest BCUT2D eigenvalue weighted by molar-refractivity contribution is 5.80. The minimum atomic E-state index is -0.796. The fraction of sp³-hybridized carbons (Fsp3) is 0.556. The van der Waals surface area contributed by atoms with Crippen LogP contribution >= 0.6 is 0 Å². The minimum Gasteiger partial charge on any atom is -0.481 e. The van der Waals surface area contributed by atoms with E-state index >= 15 is 0 Å². The lowest BCUT2D eigenvalue weighted by atomic mass is 9.97. The Morgan fingerprint density at radius 1 is 1.23 bits per heavy atom. The van der Waals surface area contributed by atoms with Crippen molar-refractivity contribution in [2.24, 2.45) is 11.8 Å². The summed E-state index contributed by atoms with van der Waals surface area (Å²) < 4.78 is 0. The number of piperidine rings is 1. The van der Waals surface area contributed by atoms with Crippen molar-refractivity contribution in [3.8, 4) is 0 Å². The van der Waals surface area contributed by atoms with Gasteiger partial charge in [-0.2, -0.15) is 0 Å². The summed E-state index contributed by atoms with van der Waals surface area (Å²) in [4.78, 5) is 25.1. The molecule has 0 aromatic heterocycles. The van der Waals surface area contributed by atoms with E-state index in [4.69, 9.17) is 5.11 Å². The second kappa shape index (κ2) is 7.43. The number of carboxylic acids is 1. The van der Waals surface area contributed by atoms with Crippen LogP contribution in [0.25, 0.3) is 0 Å². The highest BCUT2D eigenvalue weighted by atomic mass is 16.4. The lowest BCUT2D eigenvalue weighted by molar-refractivity contribution is -0.145. The number of benzene rings is 1. The third-order valence-electron chi connectivity index (χ3n) is 4.15. The van der Waals surface area contributed by atoms with Gasteiger partial charge in [0.25, 0.3) is 0 Å². The number of likely N-dealkylation sites (tertiary alicyclic amines) is 1. The van der Waals surface area contributed by atoms with Crippen LogP contribution < -0.4 is 0 Å². The molecule has 1 fully saturated rings. The van der Waals surface area contributed by atoms with Gasteiger partial charge in [-0.05, 0) is 36.3 Å². The normalized spacial score (nSPS) is 18.5. The van der Waals surface area contributed by atoms with Crippen molar-refractivity contribution in [2.75, 3.05) is 13.1 Å². The quantitative estimate of drug-likeness (QED) is 0.910. The maximum Gasteiger partial charge on any atom is 0.308 e. The van der Waals surface area contributed by atoms with Gasteiger partial charge >= 0.3 is 5.97 Å². The lowest BCUT2D eigenvalue weighted by Crippen LogP contribution is -2.42. The summed E-state index contributed by atoms with van der Waals surface area (Å²) >= 11 is 0. The third-order valence-corrected chi connectivity index (χ3v) is 4.15. The zero-order valence-corrected chi connectivity index (χ0v) is 13.4. The summed E-state index contributed by atoms with van der Waals surface area (Å²) in [7, 11) is 0. The number of hydrogen-bond donors (Lipinski definition) is 1. The Morgan fingerprint density at radius 2 is 1.86 bits per heavy atom. The van der Waals surface area contributed by atoms with E-state index < -0.39 is 11.9 Å². The minimum absolute atomic E-state index is 0.0301. The molecule has 1 aliphatic heterocycles.